The average Bonchev–Trinajstić information content (AvgIpc) is 2.85. The second kappa shape index (κ2) is 10.4. The molecule has 7 heteroatoms. The Labute approximate surface area is 192 Å². The number of fused-ring (bicyclic) bond motifs is 1. The summed E-state index contributed by atoms with van der Waals surface area (Å²) >= 11 is 0. The third-order valence-electron chi connectivity index (χ3n) is 5.22. The molecule has 1 aromatic heterocycles. The Kier molecular flexibility index (Phi) is 6.90. The molecule has 1 heterocycles. The van der Waals surface area contributed by atoms with Gasteiger partial charge in [0, 0.05) is 41.3 Å². The lowest BCUT2D eigenvalue weighted by molar-refractivity contribution is 0.262. The van der Waals surface area contributed by atoms with E-state index in [1.807, 2.05) is 72.8 Å². The molecule has 0 radical (unpaired) electrons. The molecule has 0 aliphatic heterocycles. The molecule has 0 atom stereocenters. The Morgan fingerprint density at radius 1 is 0.848 bits per heavy atom. The van der Waals surface area contributed by atoms with Gasteiger partial charge in [0.1, 0.15) is 0 Å². The lowest BCUT2D eigenvalue weighted by atomic mass is 10.1. The van der Waals surface area contributed by atoms with Crippen molar-refractivity contribution >= 4 is 34.0 Å². The van der Waals surface area contributed by atoms with Crippen LogP contribution in [0.25, 0.3) is 10.9 Å². The van der Waals surface area contributed by atoms with Crippen molar-refractivity contribution in [1.82, 2.24) is 4.98 Å². The van der Waals surface area contributed by atoms with Gasteiger partial charge < -0.3 is 25.4 Å². The molecule has 7 nitrogen and oxygen atoms in total. The Morgan fingerprint density at radius 2 is 1.52 bits per heavy atom. The van der Waals surface area contributed by atoms with Crippen molar-refractivity contribution in [2.24, 2.45) is 0 Å². The molecule has 0 saturated heterocycles. The number of amides is 2. The molecule has 0 spiro atoms. The van der Waals surface area contributed by atoms with E-state index in [-0.39, 0.29) is 6.03 Å². The topological polar surface area (TPSA) is 84.5 Å². The van der Waals surface area contributed by atoms with Gasteiger partial charge in [0.25, 0.3) is 0 Å². The molecule has 168 valence electrons. The van der Waals surface area contributed by atoms with E-state index in [2.05, 4.69) is 20.9 Å². The molecule has 4 aromatic rings. The largest absolute Gasteiger partial charge is 0.493 e. The molecule has 3 N–H and O–H groups in total. The smallest absolute Gasteiger partial charge is 0.323 e. The number of benzene rings is 3. The van der Waals surface area contributed by atoms with E-state index < -0.39 is 0 Å². The van der Waals surface area contributed by atoms with Crippen LogP contribution in [0.4, 0.5) is 21.9 Å². The number of carbonyl (C=O) groups excluding carboxylic acids is 1. The zero-order valence-electron chi connectivity index (χ0n) is 18.6. The first-order valence-corrected chi connectivity index (χ1v) is 10.6. The summed E-state index contributed by atoms with van der Waals surface area (Å²) in [5.74, 6) is 1.32. The maximum atomic E-state index is 12.1. The van der Waals surface area contributed by atoms with E-state index in [1.165, 1.54) is 0 Å². The van der Waals surface area contributed by atoms with Gasteiger partial charge in [0.05, 0.1) is 19.7 Å². The highest BCUT2D eigenvalue weighted by Crippen LogP contribution is 2.34. The lowest BCUT2D eigenvalue weighted by Gasteiger charge is -2.13. The molecule has 0 bridgehead atoms. The van der Waals surface area contributed by atoms with Gasteiger partial charge >= 0.3 is 6.03 Å². The number of methoxy groups -OCH3 is 2. The van der Waals surface area contributed by atoms with Crippen LogP contribution in [0.1, 0.15) is 5.56 Å². The van der Waals surface area contributed by atoms with Crippen LogP contribution in [0.15, 0.2) is 79.0 Å². The van der Waals surface area contributed by atoms with Gasteiger partial charge in [-0.3, -0.25) is 4.98 Å². The number of urea groups is 1. The van der Waals surface area contributed by atoms with Crippen molar-refractivity contribution in [3.8, 4) is 11.5 Å². The Hall–Kier alpha value is -4.26. The van der Waals surface area contributed by atoms with E-state index in [4.69, 9.17) is 9.47 Å². The van der Waals surface area contributed by atoms with Gasteiger partial charge in [-0.25, -0.2) is 4.79 Å². The van der Waals surface area contributed by atoms with Crippen LogP contribution in [-0.4, -0.2) is 31.8 Å². The van der Waals surface area contributed by atoms with Crippen molar-refractivity contribution in [2.45, 2.75) is 6.42 Å². The molecule has 33 heavy (non-hydrogen) atoms. The minimum atomic E-state index is -0.271. The lowest BCUT2D eigenvalue weighted by Crippen LogP contribution is -2.19. The number of carbonyl (C=O) groups is 1. The second-order valence-corrected chi connectivity index (χ2v) is 7.40. The Morgan fingerprint density at radius 3 is 2.21 bits per heavy atom. The zero-order chi connectivity index (χ0) is 23.0. The van der Waals surface area contributed by atoms with E-state index in [0.717, 1.165) is 46.5 Å². The fraction of sp³-hybridized carbons (Fsp3) is 0.154. The molecular weight excluding hydrogens is 416 g/mol. The summed E-state index contributed by atoms with van der Waals surface area (Å²) in [6.45, 7) is 0.745. The summed E-state index contributed by atoms with van der Waals surface area (Å²) in [5.41, 5.74) is 4.46. The standard InChI is InChI=1S/C26H26N4O3/c1-32-24-16-21-22(13-15-28-23(21)17-25(24)33-2)27-14-12-18-8-10-20(11-9-18)30-26(31)29-19-6-4-3-5-7-19/h3-11,13,15-17H,12,14H2,1-2H3,(H,27,28)(H2,29,30,31). The highest BCUT2D eigenvalue weighted by molar-refractivity contribution is 5.99. The summed E-state index contributed by atoms with van der Waals surface area (Å²) in [6, 6.07) is 22.7. The summed E-state index contributed by atoms with van der Waals surface area (Å²) in [6.07, 6.45) is 2.60. The van der Waals surface area contributed by atoms with Crippen LogP contribution in [0, 0.1) is 0 Å². The minimum absolute atomic E-state index is 0.271. The SMILES string of the molecule is COc1cc2nccc(NCCc3ccc(NC(=O)Nc4ccccc4)cc3)c2cc1OC. The van der Waals surface area contributed by atoms with E-state index in [1.54, 1.807) is 20.4 Å². The fourth-order valence-corrected chi connectivity index (χ4v) is 3.54. The summed E-state index contributed by atoms with van der Waals surface area (Å²) in [4.78, 5) is 16.6. The average molecular weight is 443 g/mol. The summed E-state index contributed by atoms with van der Waals surface area (Å²) < 4.78 is 10.8. The number of rotatable bonds is 8. The number of nitrogens with zero attached hydrogens (tertiary/aromatic N) is 1. The maximum Gasteiger partial charge on any atom is 0.323 e. The monoisotopic (exact) mass is 442 g/mol. The highest BCUT2D eigenvalue weighted by atomic mass is 16.5. The van der Waals surface area contributed by atoms with Crippen LogP contribution in [0.5, 0.6) is 11.5 Å². The molecule has 0 unspecified atom stereocenters. The molecule has 0 aliphatic carbocycles. The molecule has 2 amide bonds. The number of aromatic nitrogens is 1. The normalized spacial score (nSPS) is 10.5. The molecule has 3 aromatic carbocycles. The Bertz CT molecular complexity index is 1230. The van der Waals surface area contributed by atoms with E-state index in [0.29, 0.717) is 11.5 Å². The third-order valence-corrected chi connectivity index (χ3v) is 5.22. The third kappa shape index (κ3) is 5.51. The van der Waals surface area contributed by atoms with Crippen molar-refractivity contribution in [3.63, 3.8) is 0 Å². The number of anilines is 3. The van der Waals surface area contributed by atoms with Crippen LogP contribution in [0.3, 0.4) is 0 Å². The number of para-hydroxylation sites is 1. The predicted molar refractivity (Wildman–Crippen MR) is 133 cm³/mol. The van der Waals surface area contributed by atoms with Gasteiger partial charge in [-0.05, 0) is 48.4 Å². The number of pyridine rings is 1. The second-order valence-electron chi connectivity index (χ2n) is 7.40. The zero-order valence-corrected chi connectivity index (χ0v) is 18.6. The van der Waals surface area contributed by atoms with Gasteiger partial charge in [0.15, 0.2) is 11.5 Å². The minimum Gasteiger partial charge on any atom is -0.493 e. The molecular formula is C26H26N4O3. The number of ether oxygens (including phenoxy) is 2. The van der Waals surface area contributed by atoms with Crippen molar-refractivity contribution < 1.29 is 14.3 Å². The molecule has 0 saturated carbocycles. The van der Waals surface area contributed by atoms with Gasteiger partial charge in [-0.15, -0.1) is 0 Å². The maximum absolute atomic E-state index is 12.1. The first-order valence-electron chi connectivity index (χ1n) is 10.6. The highest BCUT2D eigenvalue weighted by Gasteiger charge is 2.10. The summed E-state index contributed by atoms with van der Waals surface area (Å²) in [7, 11) is 3.24. The van der Waals surface area contributed by atoms with Crippen molar-refractivity contribution in [3.05, 3.63) is 84.6 Å². The molecule has 0 fully saturated rings. The molecule has 0 aliphatic rings. The first-order chi connectivity index (χ1) is 16.2. The first kappa shape index (κ1) is 22.0. The van der Waals surface area contributed by atoms with Crippen LogP contribution >= 0.6 is 0 Å². The quantitative estimate of drug-likeness (QED) is 0.333. The number of hydrogen-bond acceptors (Lipinski definition) is 5. The number of nitrogens with one attached hydrogen (secondary N) is 3. The van der Waals surface area contributed by atoms with E-state index >= 15 is 0 Å². The van der Waals surface area contributed by atoms with Crippen molar-refractivity contribution in [2.75, 3.05) is 36.7 Å². The predicted octanol–water partition coefficient (Wildman–Crippen LogP) is 5.55. The Balaban J connectivity index is 1.34. The van der Waals surface area contributed by atoms with Crippen molar-refractivity contribution in [1.29, 1.82) is 0 Å². The van der Waals surface area contributed by atoms with Crippen LogP contribution in [0.2, 0.25) is 0 Å². The number of hydrogen-bond donors (Lipinski definition) is 3. The molecule has 4 rings (SSSR count). The fourth-order valence-electron chi connectivity index (χ4n) is 3.54. The van der Waals surface area contributed by atoms with Crippen LogP contribution in [-0.2, 0) is 6.42 Å². The van der Waals surface area contributed by atoms with Gasteiger partial charge in [-0.2, -0.15) is 0 Å². The summed E-state index contributed by atoms with van der Waals surface area (Å²) in [5, 5.41) is 10.1. The van der Waals surface area contributed by atoms with Crippen LogP contribution < -0.4 is 25.4 Å². The van der Waals surface area contributed by atoms with Gasteiger partial charge in [-0.1, -0.05) is 30.3 Å². The van der Waals surface area contributed by atoms with E-state index in [9.17, 15) is 4.79 Å². The van der Waals surface area contributed by atoms with Gasteiger partial charge in [0.2, 0.25) is 0 Å².